The van der Waals surface area contributed by atoms with Crippen molar-refractivity contribution in [2.24, 2.45) is 5.73 Å². The molecule has 1 aromatic rings. The van der Waals surface area contributed by atoms with Crippen molar-refractivity contribution in [3.63, 3.8) is 0 Å². The summed E-state index contributed by atoms with van der Waals surface area (Å²) in [5.74, 6) is -0.447. The number of amidine groups is 1. The van der Waals surface area contributed by atoms with Crippen LogP contribution in [0, 0.1) is 11.2 Å². The molecule has 3 N–H and O–H groups in total. The summed E-state index contributed by atoms with van der Waals surface area (Å²) in [6.45, 7) is 3.59. The molecule has 0 saturated carbocycles. The number of nitrogens with zero attached hydrogens (tertiary/aromatic N) is 1. The fourth-order valence-corrected chi connectivity index (χ4v) is 1.32. The standard InChI is InChI=1S/C11H16FN3/c1-3-15(2)7-8-4-9(11(13)14)6-10(12)5-8/h4-6H,3,7H2,1-2H3,(H3,13,14). The van der Waals surface area contributed by atoms with Gasteiger partial charge in [0.25, 0.3) is 0 Å². The van der Waals surface area contributed by atoms with Crippen molar-refractivity contribution in [3.8, 4) is 0 Å². The Balaban J connectivity index is 2.93. The monoisotopic (exact) mass is 209 g/mol. The topological polar surface area (TPSA) is 53.1 Å². The molecule has 15 heavy (non-hydrogen) atoms. The van der Waals surface area contributed by atoms with E-state index in [0.29, 0.717) is 12.1 Å². The lowest BCUT2D eigenvalue weighted by molar-refractivity contribution is 0.345. The zero-order chi connectivity index (χ0) is 11.4. The first kappa shape index (κ1) is 11.7. The molecule has 0 bridgehead atoms. The van der Waals surface area contributed by atoms with E-state index in [2.05, 4.69) is 4.90 Å². The lowest BCUT2D eigenvalue weighted by Gasteiger charge is -2.14. The van der Waals surface area contributed by atoms with Crippen molar-refractivity contribution < 1.29 is 4.39 Å². The Morgan fingerprint density at radius 3 is 2.67 bits per heavy atom. The molecule has 0 fully saturated rings. The van der Waals surface area contributed by atoms with E-state index >= 15 is 0 Å². The van der Waals surface area contributed by atoms with Crippen LogP contribution in [0.4, 0.5) is 4.39 Å². The van der Waals surface area contributed by atoms with Crippen LogP contribution in [0.2, 0.25) is 0 Å². The van der Waals surface area contributed by atoms with E-state index < -0.39 is 0 Å². The van der Waals surface area contributed by atoms with Gasteiger partial charge in [0, 0.05) is 12.1 Å². The first-order valence-corrected chi connectivity index (χ1v) is 4.85. The maximum Gasteiger partial charge on any atom is 0.124 e. The minimum absolute atomic E-state index is 0.102. The van der Waals surface area contributed by atoms with Crippen LogP contribution in [-0.2, 0) is 6.54 Å². The fraction of sp³-hybridized carbons (Fsp3) is 0.364. The average Bonchev–Trinajstić information content (AvgIpc) is 2.16. The van der Waals surface area contributed by atoms with E-state index in [1.54, 1.807) is 6.07 Å². The number of hydrogen-bond donors (Lipinski definition) is 2. The maximum absolute atomic E-state index is 13.2. The molecule has 0 aliphatic heterocycles. The molecule has 0 unspecified atom stereocenters. The summed E-state index contributed by atoms with van der Waals surface area (Å²) in [4.78, 5) is 2.05. The normalized spacial score (nSPS) is 10.7. The Hall–Kier alpha value is -1.42. The average molecular weight is 209 g/mol. The van der Waals surface area contributed by atoms with E-state index in [9.17, 15) is 4.39 Å². The molecule has 0 atom stereocenters. The Morgan fingerprint density at radius 2 is 2.13 bits per heavy atom. The van der Waals surface area contributed by atoms with Crippen molar-refractivity contribution >= 4 is 5.84 Å². The van der Waals surface area contributed by atoms with Gasteiger partial charge in [-0.2, -0.15) is 0 Å². The smallest absolute Gasteiger partial charge is 0.124 e. The van der Waals surface area contributed by atoms with Gasteiger partial charge in [0.15, 0.2) is 0 Å². The Kier molecular flexibility index (Phi) is 3.80. The van der Waals surface area contributed by atoms with Crippen LogP contribution < -0.4 is 5.73 Å². The molecule has 1 aromatic carbocycles. The van der Waals surface area contributed by atoms with E-state index in [4.69, 9.17) is 11.1 Å². The summed E-state index contributed by atoms with van der Waals surface area (Å²) in [6, 6.07) is 4.49. The molecule has 0 aliphatic rings. The highest BCUT2D eigenvalue weighted by molar-refractivity contribution is 5.95. The van der Waals surface area contributed by atoms with Gasteiger partial charge in [-0.05, 0) is 37.4 Å². The molecular formula is C11H16FN3. The number of nitrogens with one attached hydrogen (secondary N) is 1. The number of nitrogen functional groups attached to an aromatic ring is 1. The summed E-state index contributed by atoms with van der Waals surface area (Å²) >= 11 is 0. The van der Waals surface area contributed by atoms with Crippen LogP contribution in [0.1, 0.15) is 18.1 Å². The van der Waals surface area contributed by atoms with Gasteiger partial charge in [-0.3, -0.25) is 5.41 Å². The van der Waals surface area contributed by atoms with Crippen molar-refractivity contribution in [1.82, 2.24) is 4.90 Å². The van der Waals surface area contributed by atoms with Gasteiger partial charge >= 0.3 is 0 Å². The van der Waals surface area contributed by atoms with Gasteiger partial charge in [-0.1, -0.05) is 6.92 Å². The third kappa shape index (κ3) is 3.32. The van der Waals surface area contributed by atoms with Gasteiger partial charge in [0.1, 0.15) is 11.7 Å². The summed E-state index contributed by atoms with van der Waals surface area (Å²) in [5, 5.41) is 7.25. The summed E-state index contributed by atoms with van der Waals surface area (Å²) in [6.07, 6.45) is 0. The number of halogens is 1. The third-order valence-corrected chi connectivity index (χ3v) is 2.26. The Labute approximate surface area is 89.2 Å². The predicted octanol–water partition coefficient (Wildman–Crippen LogP) is 1.56. The zero-order valence-corrected chi connectivity index (χ0v) is 9.05. The van der Waals surface area contributed by atoms with E-state index in [1.165, 1.54) is 12.1 Å². The summed E-state index contributed by atoms with van der Waals surface area (Å²) in [5.41, 5.74) is 6.59. The fourth-order valence-electron chi connectivity index (χ4n) is 1.32. The number of nitrogens with two attached hydrogens (primary N) is 1. The number of hydrogen-bond acceptors (Lipinski definition) is 2. The highest BCUT2D eigenvalue weighted by Gasteiger charge is 2.04. The van der Waals surface area contributed by atoms with Crippen LogP contribution >= 0.6 is 0 Å². The van der Waals surface area contributed by atoms with E-state index in [1.807, 2.05) is 14.0 Å². The van der Waals surface area contributed by atoms with E-state index in [-0.39, 0.29) is 11.7 Å². The van der Waals surface area contributed by atoms with Crippen molar-refractivity contribution in [2.75, 3.05) is 13.6 Å². The summed E-state index contributed by atoms with van der Waals surface area (Å²) in [7, 11) is 1.96. The number of rotatable bonds is 4. The van der Waals surface area contributed by atoms with Crippen molar-refractivity contribution in [1.29, 1.82) is 5.41 Å². The minimum Gasteiger partial charge on any atom is -0.384 e. The molecule has 0 saturated heterocycles. The van der Waals surface area contributed by atoms with E-state index in [0.717, 1.165) is 12.1 Å². The van der Waals surface area contributed by atoms with Crippen molar-refractivity contribution in [3.05, 3.63) is 35.1 Å². The number of benzene rings is 1. The van der Waals surface area contributed by atoms with Gasteiger partial charge in [0.2, 0.25) is 0 Å². The first-order valence-electron chi connectivity index (χ1n) is 4.85. The van der Waals surface area contributed by atoms with Crippen LogP contribution in [0.3, 0.4) is 0 Å². The molecule has 0 aromatic heterocycles. The van der Waals surface area contributed by atoms with Crippen LogP contribution in [0.25, 0.3) is 0 Å². The summed E-state index contributed by atoms with van der Waals surface area (Å²) < 4.78 is 13.2. The molecule has 3 nitrogen and oxygen atoms in total. The molecule has 82 valence electrons. The lowest BCUT2D eigenvalue weighted by atomic mass is 10.1. The lowest BCUT2D eigenvalue weighted by Crippen LogP contribution is -2.18. The van der Waals surface area contributed by atoms with Gasteiger partial charge in [-0.25, -0.2) is 4.39 Å². The molecule has 0 heterocycles. The van der Waals surface area contributed by atoms with Gasteiger partial charge in [0.05, 0.1) is 0 Å². The maximum atomic E-state index is 13.2. The largest absolute Gasteiger partial charge is 0.384 e. The van der Waals surface area contributed by atoms with Gasteiger partial charge < -0.3 is 10.6 Å². The second kappa shape index (κ2) is 4.89. The highest BCUT2D eigenvalue weighted by atomic mass is 19.1. The predicted molar refractivity (Wildman–Crippen MR) is 59.4 cm³/mol. The van der Waals surface area contributed by atoms with Crippen molar-refractivity contribution in [2.45, 2.75) is 13.5 Å². The second-order valence-electron chi connectivity index (χ2n) is 3.59. The van der Waals surface area contributed by atoms with Crippen LogP contribution in [-0.4, -0.2) is 24.3 Å². The molecule has 4 heteroatoms. The second-order valence-corrected chi connectivity index (χ2v) is 3.59. The Bertz CT molecular complexity index is 363. The minimum atomic E-state index is -0.345. The van der Waals surface area contributed by atoms with Crippen LogP contribution in [0.15, 0.2) is 18.2 Å². The molecule has 0 radical (unpaired) electrons. The molecule has 0 amide bonds. The Morgan fingerprint density at radius 1 is 1.47 bits per heavy atom. The molecule has 0 aliphatic carbocycles. The zero-order valence-electron chi connectivity index (χ0n) is 9.05. The SMILES string of the molecule is CCN(C)Cc1cc(F)cc(C(=N)N)c1. The molecule has 0 spiro atoms. The van der Waals surface area contributed by atoms with Crippen LogP contribution in [0.5, 0.6) is 0 Å². The molecular weight excluding hydrogens is 193 g/mol. The quantitative estimate of drug-likeness (QED) is 0.584. The highest BCUT2D eigenvalue weighted by Crippen LogP contribution is 2.10. The first-order chi connectivity index (χ1) is 7.02. The molecule has 1 rings (SSSR count). The third-order valence-electron chi connectivity index (χ3n) is 2.26. The van der Waals surface area contributed by atoms with Gasteiger partial charge in [-0.15, -0.1) is 0 Å².